The van der Waals surface area contributed by atoms with Crippen LogP contribution in [0.5, 0.6) is 0 Å². The molecule has 2 unspecified atom stereocenters. The summed E-state index contributed by atoms with van der Waals surface area (Å²) in [6.45, 7) is 30.8. The molecule has 2 aliphatic carbocycles. The van der Waals surface area contributed by atoms with Gasteiger partial charge in [0.05, 0.1) is 5.59 Å². The minimum Gasteiger partial charge on any atom is -0.311 e. The molecule has 0 N–H and O–H groups in total. The van der Waals surface area contributed by atoms with Crippen LogP contribution in [-0.4, -0.2) is 16.3 Å². The third kappa shape index (κ3) is 7.26. The Morgan fingerprint density at radius 1 is 0.844 bits per heavy atom. The van der Waals surface area contributed by atoms with Gasteiger partial charge in [-0.1, -0.05) is 166 Å². The number of aryl methyl sites for hydroxylation is 3. The van der Waals surface area contributed by atoms with Crippen molar-refractivity contribution in [1.82, 2.24) is 9.55 Å². The fourth-order valence-corrected chi connectivity index (χ4v) is 10.9. The van der Waals surface area contributed by atoms with Gasteiger partial charge in [0.15, 0.2) is 0 Å². The van der Waals surface area contributed by atoms with E-state index in [0.717, 1.165) is 42.7 Å². The number of unbranched alkanes of at least 4 members (excludes halogenated alkanes) is 1. The Morgan fingerprint density at radius 3 is 2.17 bits per heavy atom. The summed E-state index contributed by atoms with van der Waals surface area (Å²) in [6, 6.07) is 30.7. The largest absolute Gasteiger partial charge is 0.311 e. The van der Waals surface area contributed by atoms with E-state index in [4.69, 9.17) is 4.98 Å². The van der Waals surface area contributed by atoms with Crippen molar-refractivity contribution in [1.29, 1.82) is 0 Å². The molecule has 330 valence electrons. The highest BCUT2D eigenvalue weighted by atomic mass is 15.3. The van der Waals surface area contributed by atoms with Crippen molar-refractivity contribution in [3.8, 4) is 11.4 Å². The molecule has 4 nitrogen and oxygen atoms in total. The number of nitrogens with zero attached hydrogens (tertiary/aromatic N) is 4. The van der Waals surface area contributed by atoms with E-state index in [1.54, 1.807) is 5.57 Å². The second kappa shape index (κ2) is 16.3. The highest BCUT2D eigenvalue weighted by Gasteiger charge is 2.49. The zero-order valence-corrected chi connectivity index (χ0v) is 41.2. The summed E-state index contributed by atoms with van der Waals surface area (Å²) >= 11 is 0. The molecule has 5 heteroatoms. The highest BCUT2D eigenvalue weighted by molar-refractivity contribution is 7.00. The number of hydrogen-bond donors (Lipinski definition) is 0. The normalized spacial score (nSPS) is 19.3. The van der Waals surface area contributed by atoms with Crippen molar-refractivity contribution in [2.75, 3.05) is 9.80 Å². The average Bonchev–Trinajstić information content (AvgIpc) is 3.65. The van der Waals surface area contributed by atoms with E-state index in [9.17, 15) is 0 Å². The summed E-state index contributed by atoms with van der Waals surface area (Å²) in [4.78, 5) is 11.3. The molecule has 0 saturated carbocycles. The molecular formula is C59H71BN4. The fourth-order valence-electron chi connectivity index (χ4n) is 10.9. The van der Waals surface area contributed by atoms with Gasteiger partial charge in [-0.2, -0.15) is 0 Å². The van der Waals surface area contributed by atoms with Gasteiger partial charge in [-0.3, -0.25) is 9.47 Å². The van der Waals surface area contributed by atoms with Crippen molar-refractivity contribution in [3.63, 3.8) is 0 Å². The lowest BCUT2D eigenvalue weighted by atomic mass is 9.35. The van der Waals surface area contributed by atoms with Gasteiger partial charge >= 0.3 is 0 Å². The van der Waals surface area contributed by atoms with Gasteiger partial charge in [-0.15, -0.1) is 0 Å². The summed E-state index contributed by atoms with van der Waals surface area (Å²) in [7, 11) is 0. The van der Waals surface area contributed by atoms with Crippen LogP contribution < -0.4 is 26.3 Å². The first kappa shape index (κ1) is 43.9. The van der Waals surface area contributed by atoms with Crippen LogP contribution in [-0.2, 0) is 11.8 Å². The van der Waals surface area contributed by atoms with Crippen LogP contribution in [0.4, 0.5) is 28.6 Å². The van der Waals surface area contributed by atoms with Gasteiger partial charge in [-0.05, 0) is 133 Å². The Bertz CT molecular complexity index is 2730. The van der Waals surface area contributed by atoms with Crippen LogP contribution in [0.3, 0.4) is 0 Å². The van der Waals surface area contributed by atoms with E-state index in [2.05, 4.69) is 214 Å². The van der Waals surface area contributed by atoms with Gasteiger partial charge in [0.25, 0.3) is 6.71 Å². The van der Waals surface area contributed by atoms with Crippen molar-refractivity contribution in [2.24, 2.45) is 22.7 Å². The van der Waals surface area contributed by atoms with Crippen LogP contribution >= 0.6 is 0 Å². The van der Waals surface area contributed by atoms with Gasteiger partial charge in [0.2, 0.25) is 0 Å². The topological polar surface area (TPSA) is 24.3 Å². The Labute approximate surface area is 386 Å². The Hall–Kier alpha value is -5.29. The number of benzene rings is 4. The molecule has 64 heavy (non-hydrogen) atoms. The summed E-state index contributed by atoms with van der Waals surface area (Å²) in [5, 5.41) is 0. The smallest absolute Gasteiger partial charge is 0.277 e. The number of hydrogen-bond acceptors (Lipinski definition) is 3. The maximum atomic E-state index is 6.00. The average molecular weight is 847 g/mol. The second-order valence-electron chi connectivity index (χ2n) is 21.8. The molecule has 0 radical (unpaired) electrons. The molecule has 4 aromatic carbocycles. The van der Waals surface area contributed by atoms with Gasteiger partial charge in [0.1, 0.15) is 11.6 Å². The summed E-state index contributed by atoms with van der Waals surface area (Å²) < 4.78 is 2.58. The first-order valence-corrected chi connectivity index (χ1v) is 24.4. The summed E-state index contributed by atoms with van der Waals surface area (Å²) in [5.41, 5.74) is 19.1. The molecule has 0 bridgehead atoms. The Morgan fingerprint density at radius 2 is 1.53 bits per heavy atom. The maximum absolute atomic E-state index is 6.00. The van der Waals surface area contributed by atoms with Crippen LogP contribution in [0.1, 0.15) is 131 Å². The first-order chi connectivity index (χ1) is 30.5. The van der Waals surface area contributed by atoms with Gasteiger partial charge in [0, 0.05) is 45.6 Å². The molecular weight excluding hydrogens is 775 g/mol. The lowest BCUT2D eigenvalue weighted by molar-refractivity contribution is 0.212. The zero-order chi connectivity index (χ0) is 45.5. The standard InChI is InChI=1S/C59H71BN4/c1-14-16-20-42-25-29-45(30-26-42)62-49-31-24-40(6)34-47(49)60-53-50(62)35-44(57(8,9)10)36-51(53)63(46-32-33-59(13,38(3)4)52(37-46)58(11,12)15-2)56-54(60)61-55(43-27-22-39(5)23-28-43)64(56)48-21-18-17-19-41(48)7/h17-18,21-32,34-38,41H,14-16,19-20,33H2,1-13H3. The van der Waals surface area contributed by atoms with E-state index in [0.29, 0.717) is 11.8 Å². The maximum Gasteiger partial charge on any atom is 0.277 e. The molecule has 4 aliphatic rings. The van der Waals surface area contributed by atoms with E-state index < -0.39 is 0 Å². The highest BCUT2D eigenvalue weighted by Crippen LogP contribution is 2.54. The van der Waals surface area contributed by atoms with Crippen LogP contribution in [0.2, 0.25) is 0 Å². The number of rotatable bonds is 10. The summed E-state index contributed by atoms with van der Waals surface area (Å²) in [5.74, 6) is 2.97. The lowest BCUT2D eigenvalue weighted by Crippen LogP contribution is -2.62. The number of imidazole rings is 1. The predicted octanol–water partition coefficient (Wildman–Crippen LogP) is 14.3. The Kier molecular flexibility index (Phi) is 11.2. The van der Waals surface area contributed by atoms with Crippen molar-refractivity contribution < 1.29 is 0 Å². The molecule has 5 aromatic rings. The van der Waals surface area contributed by atoms with Gasteiger partial charge in [-0.25, -0.2) is 4.98 Å². The molecule has 0 spiro atoms. The zero-order valence-electron chi connectivity index (χ0n) is 41.2. The quantitative estimate of drug-likeness (QED) is 0.128. The third-order valence-corrected chi connectivity index (χ3v) is 15.6. The molecule has 3 heterocycles. The first-order valence-electron chi connectivity index (χ1n) is 24.4. The van der Waals surface area contributed by atoms with Crippen LogP contribution in [0.15, 0.2) is 121 Å². The number of anilines is 5. The number of fused-ring (bicyclic) bond motifs is 4. The fraction of sp³-hybridized carbons (Fsp3) is 0.407. The number of aromatic nitrogens is 2. The molecule has 2 aliphatic heterocycles. The van der Waals surface area contributed by atoms with Crippen LogP contribution in [0, 0.1) is 36.5 Å². The Balaban J connectivity index is 1.43. The summed E-state index contributed by atoms with van der Waals surface area (Å²) in [6.07, 6.45) is 18.7. The molecule has 0 amide bonds. The number of allylic oxidation sites excluding steroid dienone is 7. The lowest BCUT2D eigenvalue weighted by Gasteiger charge is -2.48. The van der Waals surface area contributed by atoms with Gasteiger partial charge < -0.3 is 4.90 Å². The van der Waals surface area contributed by atoms with Crippen LogP contribution in [0.25, 0.3) is 17.1 Å². The molecule has 2 atom stereocenters. The third-order valence-electron chi connectivity index (χ3n) is 15.6. The minimum absolute atomic E-state index is 0.0153. The second-order valence-corrected chi connectivity index (χ2v) is 21.8. The van der Waals surface area contributed by atoms with E-state index in [1.165, 1.54) is 86.0 Å². The predicted molar refractivity (Wildman–Crippen MR) is 277 cm³/mol. The molecule has 1 aromatic heterocycles. The van der Waals surface area contributed by atoms with Crippen molar-refractivity contribution in [3.05, 3.63) is 143 Å². The van der Waals surface area contributed by atoms with E-state index >= 15 is 0 Å². The molecule has 0 fully saturated rings. The van der Waals surface area contributed by atoms with Crippen molar-refractivity contribution in [2.45, 2.75) is 134 Å². The minimum atomic E-state index is -0.114. The SMILES string of the molecule is CCCCc1ccc(N2c3ccc(C)cc3B3c4nc(-c5ccc(C)cc5)n(C5=CC=CCC5C)c4N(C4=CCC(C)(C(C)C)C(C(C)(C)CC)=C4)c4cc(C(C)(C)C)cc2c43)cc1. The van der Waals surface area contributed by atoms with E-state index in [-0.39, 0.29) is 23.0 Å². The van der Waals surface area contributed by atoms with E-state index in [1.807, 2.05) is 0 Å². The molecule has 0 saturated heterocycles. The monoisotopic (exact) mass is 847 g/mol. The van der Waals surface area contributed by atoms with Crippen molar-refractivity contribution >= 4 is 57.5 Å². The molecule has 9 rings (SSSR count).